The number of fused-ring (bicyclic) bond motifs is 3. The fraction of sp³-hybridized carbons (Fsp3) is 0.523. The maximum atomic E-state index is 14.7. The first-order chi connectivity index (χ1) is 27.8. The maximum Gasteiger partial charge on any atom is 0.407 e. The van der Waals surface area contributed by atoms with E-state index in [1.165, 1.54) is 4.90 Å². The van der Waals surface area contributed by atoms with Gasteiger partial charge in [-0.1, -0.05) is 90.4 Å². The molecule has 316 valence electrons. The predicted molar refractivity (Wildman–Crippen MR) is 222 cm³/mol. The Kier molecular flexibility index (Phi) is 11.2. The van der Waals surface area contributed by atoms with Crippen molar-refractivity contribution in [1.82, 2.24) is 24.8 Å². The van der Waals surface area contributed by atoms with Crippen molar-refractivity contribution in [3.63, 3.8) is 0 Å². The van der Waals surface area contributed by atoms with Gasteiger partial charge < -0.3 is 29.6 Å². The van der Waals surface area contributed by atoms with Crippen molar-refractivity contribution in [2.45, 2.75) is 115 Å². The molecule has 0 unspecified atom stereocenters. The maximum absolute atomic E-state index is 14.7. The minimum absolute atomic E-state index is 0.0859. The number of benzene rings is 2. The molecule has 4 amide bonds. The van der Waals surface area contributed by atoms with Gasteiger partial charge >= 0.3 is 12.1 Å². The molecule has 3 aromatic rings. The van der Waals surface area contributed by atoms with Gasteiger partial charge in [0, 0.05) is 17.5 Å². The fourth-order valence-electron chi connectivity index (χ4n) is 8.28. The molecule has 0 radical (unpaired) electrons. The van der Waals surface area contributed by atoms with Crippen LogP contribution in [0.25, 0.3) is 22.7 Å². The number of para-hydroxylation sites is 1. The molecular weight excluding hydrogens is 775 g/mol. The molecule has 14 nitrogen and oxygen atoms in total. The Morgan fingerprint density at radius 2 is 1.75 bits per heavy atom. The van der Waals surface area contributed by atoms with E-state index >= 15 is 0 Å². The molecule has 2 aromatic carbocycles. The lowest BCUT2D eigenvalue weighted by atomic mass is 9.85. The van der Waals surface area contributed by atoms with Crippen LogP contribution < -0.4 is 15.4 Å². The van der Waals surface area contributed by atoms with Crippen molar-refractivity contribution in [3.8, 4) is 5.69 Å². The number of rotatable bonds is 7. The molecule has 4 bridgehead atoms. The van der Waals surface area contributed by atoms with E-state index in [9.17, 15) is 32.4 Å². The van der Waals surface area contributed by atoms with Crippen LogP contribution in [0.2, 0.25) is 0 Å². The second-order valence-electron chi connectivity index (χ2n) is 18.3. The largest absolute Gasteiger partial charge is 0.456 e. The molecule has 3 fully saturated rings. The highest BCUT2D eigenvalue weighted by atomic mass is 32.2. The van der Waals surface area contributed by atoms with Crippen LogP contribution in [0.1, 0.15) is 103 Å². The SMILES string of the molecule is CC[C@H]1C[C@]1(NC(=O)[C@@H]1C[C@@H]2CN1C(=O)[C@H](C(C)(C)C)NC(=O)OCC(C)(C)CC/C=C/c1cccc3c1cc(n3-c1ccccc1)C(=O)O2)C(=O)NS(=O)(=O)C1CC1. The molecule has 59 heavy (non-hydrogen) atoms. The molecule has 2 aliphatic heterocycles. The molecule has 3 heterocycles. The van der Waals surface area contributed by atoms with E-state index in [1.54, 1.807) is 26.8 Å². The van der Waals surface area contributed by atoms with Crippen LogP contribution >= 0.6 is 0 Å². The first-order valence-electron chi connectivity index (χ1n) is 20.5. The number of alkyl carbamates (subject to hydrolysis) is 1. The van der Waals surface area contributed by atoms with Crippen molar-refractivity contribution < 1.29 is 41.9 Å². The van der Waals surface area contributed by atoms with Crippen LogP contribution in [-0.4, -0.2) is 89.8 Å². The number of hydrogen-bond acceptors (Lipinski definition) is 9. The molecule has 15 heteroatoms. The molecule has 3 N–H and O–H groups in total. The van der Waals surface area contributed by atoms with E-state index < -0.39 is 79.6 Å². The van der Waals surface area contributed by atoms with Crippen LogP contribution in [0, 0.1) is 16.7 Å². The zero-order chi connectivity index (χ0) is 42.5. The van der Waals surface area contributed by atoms with Crippen LogP contribution in [0.3, 0.4) is 0 Å². The molecule has 2 aliphatic carbocycles. The van der Waals surface area contributed by atoms with Crippen LogP contribution in [0.5, 0.6) is 0 Å². The van der Waals surface area contributed by atoms with Crippen LogP contribution in [0.15, 0.2) is 60.7 Å². The Labute approximate surface area is 345 Å². The number of hydrogen-bond donors (Lipinski definition) is 3. The van der Waals surface area contributed by atoms with Crippen molar-refractivity contribution in [3.05, 3.63) is 71.9 Å². The van der Waals surface area contributed by atoms with Gasteiger partial charge in [-0.15, -0.1) is 0 Å². The molecule has 1 aromatic heterocycles. The molecule has 2 saturated carbocycles. The Morgan fingerprint density at radius 3 is 2.41 bits per heavy atom. The van der Waals surface area contributed by atoms with Crippen molar-refractivity contribution in [1.29, 1.82) is 0 Å². The van der Waals surface area contributed by atoms with Crippen LogP contribution in [-0.2, 0) is 33.9 Å². The molecule has 4 aliphatic rings. The Bertz CT molecular complexity index is 2290. The third-order valence-corrected chi connectivity index (χ3v) is 13.8. The third kappa shape index (κ3) is 8.76. The lowest BCUT2D eigenvalue weighted by molar-refractivity contribution is -0.143. The van der Waals surface area contributed by atoms with Crippen molar-refractivity contribution in [2.24, 2.45) is 16.7 Å². The van der Waals surface area contributed by atoms with Crippen molar-refractivity contribution >= 4 is 56.8 Å². The zero-order valence-electron chi connectivity index (χ0n) is 34.6. The number of carbonyl (C=O) groups excluding carboxylic acids is 5. The number of aromatic nitrogens is 1. The van der Waals surface area contributed by atoms with Gasteiger partial charge in [-0.2, -0.15) is 0 Å². The number of nitrogens with zero attached hydrogens (tertiary/aromatic N) is 2. The van der Waals surface area contributed by atoms with Gasteiger partial charge in [0.15, 0.2) is 0 Å². The van der Waals surface area contributed by atoms with Gasteiger partial charge in [-0.3, -0.25) is 19.1 Å². The van der Waals surface area contributed by atoms with Gasteiger partial charge in [0.25, 0.3) is 5.91 Å². The quantitative estimate of drug-likeness (QED) is 0.255. The number of nitrogens with one attached hydrogen (secondary N) is 3. The number of amides is 4. The number of cyclic esters (lactones) is 1. The summed E-state index contributed by atoms with van der Waals surface area (Å²) in [7, 11) is -3.91. The first kappa shape index (κ1) is 42.0. The molecular formula is C44H55N5O9S. The highest BCUT2D eigenvalue weighted by Crippen LogP contribution is 2.47. The van der Waals surface area contributed by atoms with E-state index in [1.807, 2.05) is 79.9 Å². The topological polar surface area (TPSA) is 182 Å². The number of ether oxygens (including phenoxy) is 2. The predicted octanol–water partition coefficient (Wildman–Crippen LogP) is 5.62. The van der Waals surface area contributed by atoms with Crippen LogP contribution in [0.4, 0.5) is 4.79 Å². The smallest absolute Gasteiger partial charge is 0.407 e. The summed E-state index contributed by atoms with van der Waals surface area (Å²) in [6.07, 6.45) is 5.19. The van der Waals surface area contributed by atoms with Gasteiger partial charge in [-0.25, -0.2) is 18.0 Å². The highest BCUT2D eigenvalue weighted by molar-refractivity contribution is 7.91. The average Bonchev–Trinajstić information content (AvgIpc) is 4.08. The Balaban J connectivity index is 1.26. The molecule has 5 atom stereocenters. The van der Waals surface area contributed by atoms with E-state index in [2.05, 4.69) is 21.4 Å². The summed E-state index contributed by atoms with van der Waals surface area (Å²) in [5.41, 5.74) is -0.102. The van der Waals surface area contributed by atoms with Crippen molar-refractivity contribution in [2.75, 3.05) is 13.2 Å². The van der Waals surface area contributed by atoms with E-state index in [4.69, 9.17) is 9.47 Å². The fourth-order valence-corrected chi connectivity index (χ4v) is 9.64. The highest BCUT2D eigenvalue weighted by Gasteiger charge is 2.62. The summed E-state index contributed by atoms with van der Waals surface area (Å²) >= 11 is 0. The van der Waals surface area contributed by atoms with Gasteiger partial charge in [0.2, 0.25) is 21.8 Å². The van der Waals surface area contributed by atoms with Gasteiger partial charge in [0.05, 0.1) is 23.9 Å². The minimum atomic E-state index is -3.91. The second kappa shape index (κ2) is 15.8. The minimum Gasteiger partial charge on any atom is -0.456 e. The van der Waals surface area contributed by atoms with Gasteiger partial charge in [0.1, 0.15) is 29.4 Å². The monoisotopic (exact) mass is 829 g/mol. The first-order valence-corrected chi connectivity index (χ1v) is 22.1. The molecule has 7 rings (SSSR count). The summed E-state index contributed by atoms with van der Waals surface area (Å²) in [4.78, 5) is 71.9. The summed E-state index contributed by atoms with van der Waals surface area (Å²) in [6.45, 7) is 11.1. The van der Waals surface area contributed by atoms with Gasteiger partial charge in [-0.05, 0) is 78.7 Å². The number of carbonyl (C=O) groups is 5. The number of allylic oxidation sites excluding steroid dienone is 1. The summed E-state index contributed by atoms with van der Waals surface area (Å²) in [6, 6.07) is 14.7. The number of sulfonamides is 1. The number of esters is 1. The average molecular weight is 830 g/mol. The van der Waals surface area contributed by atoms with E-state index in [0.29, 0.717) is 32.1 Å². The van der Waals surface area contributed by atoms with E-state index in [0.717, 1.165) is 22.2 Å². The summed E-state index contributed by atoms with van der Waals surface area (Å²) in [5, 5.41) is 5.77. The molecule has 1 saturated heterocycles. The van der Waals surface area contributed by atoms with E-state index in [-0.39, 0.29) is 37.6 Å². The molecule has 0 spiro atoms. The second-order valence-corrected chi connectivity index (χ2v) is 20.3. The lowest BCUT2D eigenvalue weighted by Gasteiger charge is -2.35. The Hall–Kier alpha value is -5.18. The zero-order valence-corrected chi connectivity index (χ0v) is 35.4. The Morgan fingerprint density at radius 1 is 1.02 bits per heavy atom. The lowest BCUT2D eigenvalue weighted by Crippen LogP contribution is -2.60. The summed E-state index contributed by atoms with van der Waals surface area (Å²) in [5.74, 6) is -3.11. The summed E-state index contributed by atoms with van der Waals surface area (Å²) < 4.78 is 41.5. The standard InChI is InChI=1S/C44H55N5O9S/c1-7-28-24-44(28,40(53)47-59(55,56)31-19-20-31)46-37(50)34-22-30-25-48(34)38(51)36(42(2,3)4)45-41(54)57-26-43(5,6)21-12-11-14-27-15-13-18-33-32(27)23-35(39(52)58-30)49(33)29-16-9-8-10-17-29/h8-11,13-18,23,28,30-31,34,36H,7,12,19-22,24-26H2,1-6H3,(H,45,54)(H,46,50)(H,47,53)/b14-11+/t28-,30+,34-,36+,44+/m0/s1. The third-order valence-electron chi connectivity index (χ3n) is 12.0. The normalized spacial score (nSPS) is 27.0.